The van der Waals surface area contributed by atoms with E-state index in [-0.39, 0.29) is 96.4 Å². The summed E-state index contributed by atoms with van der Waals surface area (Å²) in [5, 5.41) is 0. The number of phosphoric acid groups is 1. The summed E-state index contributed by atoms with van der Waals surface area (Å²) < 4.78 is 24.3. The molecule has 1 atom stereocenters. The van der Waals surface area contributed by atoms with E-state index in [1.807, 2.05) is 11.8 Å². The fourth-order valence-corrected chi connectivity index (χ4v) is 1.76. The standard InChI is InChI=1S/C30H11O8P.C2H5NO.2Na.22H2/c1-3-5-7-9-11-13-14-15-17-19-21-23-25-30(32)38-28(27-37-39(33,34)35)26-36-29(31)24-22-20-18-16-12-10-8-6-4-2;1-2(3)4;;;;;;;;;;;;;;;;;;;;;;;;/h1,28H,26-27H2,2H3,(H2,33,34,35);1H3,(H2,3,4);;;22*1H/q;;2*+1;;;;;;;;;;;;;;;;;;;;;;/p-2/t28-;;;;;;;;;;;;;;;;;;;;;;;;;/m0........................./s1. The Balaban J connectivity index is -0.0000000240. The molecule has 0 rings (SSSR count). The smallest absolute Gasteiger partial charge is 0.790 e. The molecule has 252 valence electrons. The fraction of sp³-hybridized carbons (Fsp3) is 0.156. The number of carbonyl (C=O) groups is 3. The van der Waals surface area contributed by atoms with Gasteiger partial charge in [0.15, 0.2) is 6.10 Å². The van der Waals surface area contributed by atoms with Crippen LogP contribution in [0.2, 0.25) is 0 Å². The van der Waals surface area contributed by atoms with Crippen molar-refractivity contribution in [2.24, 2.45) is 5.73 Å². The average Bonchev–Trinajstić information content (AvgIpc) is 2.93. The third-order valence-corrected chi connectivity index (χ3v) is 3.15. The van der Waals surface area contributed by atoms with Crippen LogP contribution in [0.25, 0.3) is 0 Å². The minimum atomic E-state index is -5.41. The van der Waals surface area contributed by atoms with E-state index in [1.165, 1.54) is 6.92 Å². The number of amides is 1. The van der Waals surface area contributed by atoms with Gasteiger partial charge in [-0.1, -0.05) is 5.92 Å². The molecule has 0 spiro atoms. The monoisotopic (exact) mass is 677 g/mol. The van der Waals surface area contributed by atoms with Crippen molar-refractivity contribution in [3.05, 3.63) is 0 Å². The van der Waals surface area contributed by atoms with Gasteiger partial charge in [0.2, 0.25) is 5.91 Å². The maximum Gasteiger partial charge on any atom is 1.00 e. The Morgan fingerprint density at radius 3 is 1.44 bits per heavy atom. The summed E-state index contributed by atoms with van der Waals surface area (Å²) in [5.41, 5.74) is 4.47. The third-order valence-electron chi connectivity index (χ3n) is 2.68. The summed E-state index contributed by atoms with van der Waals surface area (Å²) in [5.74, 6) is 50.0. The Morgan fingerprint density at radius 1 is 0.711 bits per heavy atom. The number of nitrogens with two attached hydrogens (primary N) is 1. The molecule has 0 bridgehead atoms. The number of carbonyl (C=O) groups excluding carboxylic acids is 3. The van der Waals surface area contributed by atoms with Crippen LogP contribution in [0.3, 0.4) is 0 Å². The van der Waals surface area contributed by atoms with Gasteiger partial charge < -0.3 is 34.1 Å². The number of primary amides is 1. The molecule has 0 radical (unpaired) electrons. The van der Waals surface area contributed by atoms with Crippen molar-refractivity contribution < 1.29 is 133 Å². The Morgan fingerprint density at radius 2 is 1.07 bits per heavy atom. The summed E-state index contributed by atoms with van der Waals surface area (Å²) >= 11 is 0. The number of terminal acetylenes is 1. The quantitative estimate of drug-likeness (QED) is 0.101. The maximum absolute atomic E-state index is 11.8. The van der Waals surface area contributed by atoms with Crippen molar-refractivity contribution >= 4 is 25.7 Å². The van der Waals surface area contributed by atoms with Crippen LogP contribution in [0.1, 0.15) is 45.2 Å². The molecular formula is C32H58NNa2O9P. The van der Waals surface area contributed by atoms with Gasteiger partial charge in [-0.3, -0.25) is 4.79 Å². The number of hydrogen-bond acceptors (Lipinski definition) is 9. The Hall–Kier alpha value is -4.76. The predicted molar refractivity (Wildman–Crippen MR) is 196 cm³/mol. The van der Waals surface area contributed by atoms with Crippen LogP contribution >= 0.6 is 7.82 Å². The summed E-state index contributed by atoms with van der Waals surface area (Å²) in [7, 11) is -5.41. The van der Waals surface area contributed by atoms with Crippen molar-refractivity contribution in [1.29, 1.82) is 0 Å². The van der Waals surface area contributed by atoms with Crippen LogP contribution < -0.4 is 74.6 Å². The SMILES string of the molecule is C#CC#CC#CC#CC#CC#CC#CC(=O)O[C@@H](COC(=O)C#CC#CC#CC#CC#CC)COP(=O)([O-])[O-].CC(N)=O.[HH].[HH].[HH].[HH].[HH].[HH].[HH].[HH].[HH].[HH].[HH].[HH].[HH].[HH].[HH].[HH].[HH].[HH].[HH].[HH].[HH].[HH].[Na+].[Na+]. The van der Waals surface area contributed by atoms with Crippen LogP contribution in [0.15, 0.2) is 0 Å². The Kier molecular flexibility index (Phi) is 35.4. The first kappa shape index (κ1) is 47.2. The second kappa shape index (κ2) is 33.7. The summed E-state index contributed by atoms with van der Waals surface area (Å²) in [6.07, 6.45) is 3.40. The summed E-state index contributed by atoms with van der Waals surface area (Å²) in [4.78, 5) is 54.1. The molecule has 0 aromatic rings. The molecule has 2 N–H and O–H groups in total. The molecule has 0 aliphatic rings. The Bertz CT molecular complexity index is 1940. The molecule has 0 aromatic carbocycles. The molecule has 0 fully saturated rings. The molecule has 45 heavy (non-hydrogen) atoms. The molecule has 0 aliphatic carbocycles. The van der Waals surface area contributed by atoms with E-state index < -0.39 is 39.1 Å². The molecular weight excluding hydrogens is 619 g/mol. The number of phosphoric ester groups is 1. The van der Waals surface area contributed by atoms with E-state index in [0.717, 1.165) is 0 Å². The van der Waals surface area contributed by atoms with E-state index in [0.29, 0.717) is 0 Å². The molecule has 13 heteroatoms. The van der Waals surface area contributed by atoms with Gasteiger partial charge in [-0.15, -0.1) is 6.42 Å². The van der Waals surface area contributed by atoms with Gasteiger partial charge >= 0.3 is 71.1 Å². The molecule has 0 unspecified atom stereocenters. The minimum absolute atomic E-state index is 0. The van der Waals surface area contributed by atoms with Gasteiger partial charge in [-0.2, -0.15) is 0 Å². The molecule has 0 aromatic heterocycles. The zero-order chi connectivity index (χ0) is 32.6. The van der Waals surface area contributed by atoms with Crippen molar-refractivity contribution in [2.45, 2.75) is 20.0 Å². The van der Waals surface area contributed by atoms with Gasteiger partial charge in [-0.05, 0) is 125 Å². The number of esters is 2. The molecule has 0 saturated carbocycles. The number of rotatable bonds is 6. The normalized spacial score (nSPS) is 7.18. The molecule has 1 amide bonds. The van der Waals surface area contributed by atoms with Crippen LogP contribution in [0, 0.1) is 143 Å². The second-order valence-corrected chi connectivity index (χ2v) is 7.15. The first-order valence-corrected chi connectivity index (χ1v) is 12.2. The summed E-state index contributed by atoms with van der Waals surface area (Å²) in [6, 6.07) is 0. The topological polar surface area (TPSA) is 168 Å². The predicted octanol–water partition coefficient (Wildman–Crippen LogP) is -3.11. The van der Waals surface area contributed by atoms with Crippen LogP contribution in [-0.4, -0.2) is 37.2 Å². The van der Waals surface area contributed by atoms with Crippen LogP contribution in [-0.2, 0) is 32.9 Å². The van der Waals surface area contributed by atoms with Crippen molar-refractivity contribution in [3.63, 3.8) is 0 Å². The third kappa shape index (κ3) is 43.8. The second-order valence-electron chi connectivity index (χ2n) is 6.00. The van der Waals surface area contributed by atoms with Crippen LogP contribution in [0.4, 0.5) is 0 Å². The van der Waals surface area contributed by atoms with Crippen molar-refractivity contribution in [2.75, 3.05) is 13.2 Å². The minimum Gasteiger partial charge on any atom is -0.790 e. The molecule has 10 nitrogen and oxygen atoms in total. The van der Waals surface area contributed by atoms with Gasteiger partial charge in [0, 0.05) is 50.2 Å². The van der Waals surface area contributed by atoms with Crippen LogP contribution in [0.5, 0.6) is 0 Å². The van der Waals surface area contributed by atoms with E-state index in [9.17, 15) is 28.7 Å². The first-order chi connectivity index (χ1) is 20.5. The molecule has 0 saturated heterocycles. The number of hydrogen-bond donors (Lipinski definition) is 1. The summed E-state index contributed by atoms with van der Waals surface area (Å²) in [6.45, 7) is 1.27. The fourth-order valence-electron chi connectivity index (χ4n) is 1.41. The van der Waals surface area contributed by atoms with Crippen molar-refractivity contribution in [3.8, 4) is 143 Å². The number of ether oxygens (including phenoxy) is 2. The van der Waals surface area contributed by atoms with E-state index in [2.05, 4.69) is 135 Å². The largest absolute Gasteiger partial charge is 1.00 e. The van der Waals surface area contributed by atoms with E-state index in [1.54, 1.807) is 6.92 Å². The first-order valence-electron chi connectivity index (χ1n) is 10.7. The molecule has 0 heterocycles. The molecule has 0 aliphatic heterocycles. The zero-order valence-electron chi connectivity index (χ0n) is 24.3. The van der Waals surface area contributed by atoms with Gasteiger partial charge in [0.1, 0.15) is 6.61 Å². The van der Waals surface area contributed by atoms with E-state index >= 15 is 0 Å². The maximum atomic E-state index is 11.8. The van der Waals surface area contributed by atoms with Gasteiger partial charge in [0.05, 0.1) is 14.4 Å². The van der Waals surface area contributed by atoms with E-state index in [4.69, 9.17) is 15.9 Å². The van der Waals surface area contributed by atoms with Gasteiger partial charge in [-0.25, -0.2) is 9.59 Å². The Labute approximate surface area is 339 Å². The van der Waals surface area contributed by atoms with Crippen molar-refractivity contribution in [1.82, 2.24) is 0 Å². The van der Waals surface area contributed by atoms with Gasteiger partial charge in [0.25, 0.3) is 0 Å². The average molecular weight is 678 g/mol. The zero-order valence-corrected chi connectivity index (χ0v) is 29.2.